The van der Waals surface area contributed by atoms with E-state index in [0.29, 0.717) is 18.5 Å². The zero-order chi connectivity index (χ0) is 16.4. The van der Waals surface area contributed by atoms with Crippen LogP contribution in [-0.2, 0) is 0 Å². The lowest BCUT2D eigenvalue weighted by molar-refractivity contribution is -0.384. The Hall–Kier alpha value is -3.21. The zero-order valence-corrected chi connectivity index (χ0v) is 12.1. The van der Waals surface area contributed by atoms with E-state index < -0.39 is 16.4 Å². The van der Waals surface area contributed by atoms with Crippen LogP contribution in [0.3, 0.4) is 0 Å². The van der Waals surface area contributed by atoms with Crippen LogP contribution in [0.5, 0.6) is 0 Å². The van der Waals surface area contributed by atoms with E-state index in [9.17, 15) is 14.9 Å². The van der Waals surface area contributed by atoms with Crippen LogP contribution in [0.4, 0.5) is 5.69 Å². The van der Waals surface area contributed by atoms with Crippen LogP contribution in [-0.4, -0.2) is 26.1 Å². The molecule has 1 amide bonds. The lowest BCUT2D eigenvalue weighted by atomic mass is 9.78. The lowest BCUT2D eigenvalue weighted by Crippen LogP contribution is -2.52. The van der Waals surface area contributed by atoms with Gasteiger partial charge >= 0.3 is 0 Å². The Morgan fingerprint density at radius 3 is 2.83 bits per heavy atom. The molecule has 0 saturated heterocycles. The smallest absolute Gasteiger partial charge is 0.273 e. The predicted molar refractivity (Wildman–Crippen MR) is 79.9 cm³/mol. The predicted octanol–water partition coefficient (Wildman–Crippen LogP) is 1.96. The molecule has 1 fully saturated rings. The highest BCUT2D eigenvalue weighted by atomic mass is 16.6. The van der Waals surface area contributed by atoms with Gasteiger partial charge < -0.3 is 5.32 Å². The molecule has 0 radical (unpaired) electrons. The quantitative estimate of drug-likeness (QED) is 0.684. The van der Waals surface area contributed by atoms with Crippen molar-refractivity contribution in [2.24, 2.45) is 0 Å². The number of nitriles is 1. The standard InChI is InChI=1S/C15H13N5O3/c16-10-15(6-2-7-15)17-14(21)13-5-8-19(18-13)11-3-1-4-12(9-11)20(22)23/h1,3-5,8-9H,2,6-7H2,(H,17,21). The van der Waals surface area contributed by atoms with Gasteiger partial charge in [0.2, 0.25) is 0 Å². The average Bonchev–Trinajstić information content (AvgIpc) is 3.01. The van der Waals surface area contributed by atoms with Crippen molar-refractivity contribution in [3.05, 3.63) is 52.3 Å². The molecule has 0 aliphatic heterocycles. The number of nitrogens with zero attached hydrogens (tertiary/aromatic N) is 4. The summed E-state index contributed by atoms with van der Waals surface area (Å²) in [5, 5.41) is 26.8. The first-order chi connectivity index (χ1) is 11.0. The van der Waals surface area contributed by atoms with Gasteiger partial charge in [-0.1, -0.05) is 6.07 Å². The minimum absolute atomic E-state index is 0.0538. The summed E-state index contributed by atoms with van der Waals surface area (Å²) >= 11 is 0. The number of nitrogens with one attached hydrogen (secondary N) is 1. The van der Waals surface area contributed by atoms with Crippen molar-refractivity contribution in [3.8, 4) is 11.8 Å². The van der Waals surface area contributed by atoms with Gasteiger partial charge in [-0.15, -0.1) is 0 Å². The maximum Gasteiger partial charge on any atom is 0.273 e. The van der Waals surface area contributed by atoms with Gasteiger partial charge in [0.1, 0.15) is 5.54 Å². The van der Waals surface area contributed by atoms with Gasteiger partial charge in [-0.05, 0) is 31.4 Å². The third kappa shape index (κ3) is 2.76. The van der Waals surface area contributed by atoms with E-state index in [1.54, 1.807) is 18.3 Å². The highest BCUT2D eigenvalue weighted by Gasteiger charge is 2.39. The summed E-state index contributed by atoms with van der Waals surface area (Å²) in [5.41, 5.74) is -0.191. The van der Waals surface area contributed by atoms with Crippen molar-refractivity contribution in [3.63, 3.8) is 0 Å². The second-order valence-corrected chi connectivity index (χ2v) is 5.42. The number of carbonyl (C=O) groups excluding carboxylic acids is 1. The number of nitro benzene ring substituents is 1. The molecule has 0 spiro atoms. The third-order valence-corrected chi connectivity index (χ3v) is 3.90. The maximum absolute atomic E-state index is 12.2. The first kappa shape index (κ1) is 14.7. The number of benzene rings is 1. The summed E-state index contributed by atoms with van der Waals surface area (Å²) in [6, 6.07) is 9.61. The molecule has 1 aromatic heterocycles. The molecule has 0 unspecified atom stereocenters. The van der Waals surface area contributed by atoms with Crippen LogP contribution in [0.2, 0.25) is 0 Å². The Balaban J connectivity index is 1.80. The van der Waals surface area contributed by atoms with Gasteiger partial charge in [-0.2, -0.15) is 10.4 Å². The van der Waals surface area contributed by atoms with Crippen LogP contribution in [0.15, 0.2) is 36.5 Å². The van der Waals surface area contributed by atoms with E-state index in [4.69, 9.17) is 5.26 Å². The number of aromatic nitrogens is 2. The Morgan fingerprint density at radius 2 is 2.22 bits per heavy atom. The Bertz CT molecular complexity index is 817. The second kappa shape index (κ2) is 5.53. The minimum Gasteiger partial charge on any atom is -0.332 e. The van der Waals surface area contributed by atoms with Gasteiger partial charge in [0.05, 0.1) is 16.7 Å². The molecule has 3 rings (SSSR count). The van der Waals surface area contributed by atoms with Crippen molar-refractivity contribution >= 4 is 11.6 Å². The topological polar surface area (TPSA) is 114 Å². The maximum atomic E-state index is 12.2. The van der Waals surface area contributed by atoms with Gasteiger partial charge in [0.25, 0.3) is 11.6 Å². The van der Waals surface area contributed by atoms with E-state index >= 15 is 0 Å². The molecule has 8 nitrogen and oxygen atoms in total. The van der Waals surface area contributed by atoms with Gasteiger partial charge in [0.15, 0.2) is 5.69 Å². The zero-order valence-electron chi connectivity index (χ0n) is 12.1. The Labute approximate surface area is 131 Å². The largest absolute Gasteiger partial charge is 0.332 e. The van der Waals surface area contributed by atoms with E-state index in [1.165, 1.54) is 22.9 Å². The molecule has 1 heterocycles. The van der Waals surface area contributed by atoms with Crippen LogP contribution < -0.4 is 5.32 Å². The summed E-state index contributed by atoms with van der Waals surface area (Å²) in [4.78, 5) is 22.5. The highest BCUT2D eigenvalue weighted by Crippen LogP contribution is 2.31. The molecule has 1 aromatic carbocycles. The van der Waals surface area contributed by atoms with E-state index in [2.05, 4.69) is 16.5 Å². The summed E-state index contributed by atoms with van der Waals surface area (Å²) in [6.45, 7) is 0. The minimum atomic E-state index is -0.785. The fourth-order valence-corrected chi connectivity index (χ4v) is 2.41. The summed E-state index contributed by atoms with van der Waals surface area (Å²) in [5.74, 6) is -0.421. The molecule has 1 N–H and O–H groups in total. The summed E-state index contributed by atoms with van der Waals surface area (Å²) in [7, 11) is 0. The molecule has 116 valence electrons. The van der Waals surface area contributed by atoms with Crippen molar-refractivity contribution < 1.29 is 9.72 Å². The molecular formula is C15H13N5O3. The lowest BCUT2D eigenvalue weighted by Gasteiger charge is -2.35. The number of rotatable bonds is 4. The van der Waals surface area contributed by atoms with Crippen LogP contribution in [0.1, 0.15) is 29.8 Å². The average molecular weight is 311 g/mol. The number of nitro groups is 1. The second-order valence-electron chi connectivity index (χ2n) is 5.42. The monoisotopic (exact) mass is 311 g/mol. The number of amides is 1. The number of hydrogen-bond donors (Lipinski definition) is 1. The van der Waals surface area contributed by atoms with Crippen LogP contribution in [0, 0.1) is 21.4 Å². The number of carbonyl (C=O) groups is 1. The number of hydrogen-bond acceptors (Lipinski definition) is 5. The molecule has 1 aliphatic rings. The van der Waals surface area contributed by atoms with Gasteiger partial charge in [-0.3, -0.25) is 14.9 Å². The van der Waals surface area contributed by atoms with Crippen LogP contribution >= 0.6 is 0 Å². The van der Waals surface area contributed by atoms with Crippen molar-refractivity contribution in [2.45, 2.75) is 24.8 Å². The van der Waals surface area contributed by atoms with Crippen molar-refractivity contribution in [1.29, 1.82) is 5.26 Å². The molecule has 1 saturated carbocycles. The van der Waals surface area contributed by atoms with E-state index in [1.807, 2.05) is 0 Å². The SMILES string of the molecule is N#CC1(NC(=O)c2ccn(-c3cccc([N+](=O)[O-])c3)n2)CCC1. The molecule has 2 aromatic rings. The fourth-order valence-electron chi connectivity index (χ4n) is 2.41. The molecule has 8 heteroatoms. The van der Waals surface area contributed by atoms with Crippen molar-refractivity contribution in [1.82, 2.24) is 15.1 Å². The first-order valence-electron chi connectivity index (χ1n) is 7.07. The highest BCUT2D eigenvalue weighted by molar-refractivity contribution is 5.93. The molecule has 0 bridgehead atoms. The fraction of sp³-hybridized carbons (Fsp3) is 0.267. The molecule has 1 aliphatic carbocycles. The molecule has 23 heavy (non-hydrogen) atoms. The van der Waals surface area contributed by atoms with E-state index in [-0.39, 0.29) is 11.4 Å². The normalized spacial score (nSPS) is 15.3. The molecular weight excluding hydrogens is 298 g/mol. The van der Waals surface area contributed by atoms with Gasteiger partial charge in [-0.25, -0.2) is 4.68 Å². The molecule has 0 atom stereocenters. The van der Waals surface area contributed by atoms with Crippen molar-refractivity contribution in [2.75, 3.05) is 0 Å². The summed E-state index contributed by atoms with van der Waals surface area (Å²) < 4.78 is 1.39. The Morgan fingerprint density at radius 1 is 1.43 bits per heavy atom. The first-order valence-corrected chi connectivity index (χ1v) is 7.07. The Kier molecular flexibility index (Phi) is 3.54. The van der Waals surface area contributed by atoms with Gasteiger partial charge in [0, 0.05) is 18.3 Å². The van der Waals surface area contributed by atoms with Crippen LogP contribution in [0.25, 0.3) is 5.69 Å². The van der Waals surface area contributed by atoms with E-state index in [0.717, 1.165) is 6.42 Å². The summed E-state index contributed by atoms with van der Waals surface area (Å²) in [6.07, 6.45) is 3.74. The third-order valence-electron chi connectivity index (χ3n) is 3.90. The number of non-ortho nitro benzene ring substituents is 1.